The zero-order valence-corrected chi connectivity index (χ0v) is 17.2. The third-order valence-corrected chi connectivity index (χ3v) is 5.90. The molecule has 1 aliphatic rings. The van der Waals surface area contributed by atoms with Gasteiger partial charge in [0.2, 0.25) is 0 Å². The highest BCUT2D eigenvalue weighted by molar-refractivity contribution is 5.44. The Bertz CT molecular complexity index is 840. The second-order valence-corrected chi connectivity index (χ2v) is 7.96. The van der Waals surface area contributed by atoms with Gasteiger partial charge in [-0.1, -0.05) is 62.0 Å². The lowest BCUT2D eigenvalue weighted by molar-refractivity contribution is 0.308. The van der Waals surface area contributed by atoms with Crippen LogP contribution < -0.4 is 0 Å². The van der Waals surface area contributed by atoms with E-state index in [4.69, 9.17) is 0 Å². The third-order valence-electron chi connectivity index (χ3n) is 5.90. The molecule has 0 aliphatic heterocycles. The van der Waals surface area contributed by atoms with E-state index in [-0.39, 0.29) is 5.82 Å². The summed E-state index contributed by atoms with van der Waals surface area (Å²) in [4.78, 5) is 0. The number of hydrogen-bond donors (Lipinski definition) is 0. The first-order valence-corrected chi connectivity index (χ1v) is 10.7. The summed E-state index contributed by atoms with van der Waals surface area (Å²) in [7, 11) is 0. The van der Waals surface area contributed by atoms with E-state index in [1.165, 1.54) is 50.2 Å². The molecule has 2 aromatic rings. The van der Waals surface area contributed by atoms with Gasteiger partial charge in [-0.15, -0.1) is 0 Å². The molecule has 1 saturated carbocycles. The zero-order valence-electron chi connectivity index (χ0n) is 17.2. The van der Waals surface area contributed by atoms with Crippen LogP contribution in [0.4, 0.5) is 4.39 Å². The summed E-state index contributed by atoms with van der Waals surface area (Å²) in [5.74, 6) is 7.73. The second-order valence-electron chi connectivity index (χ2n) is 7.96. The SMILES string of the molecule is CC=CCc1ccc(C#Cc2ccc(C3CCC(CCC)CC3)cc2)cc1F. The van der Waals surface area contributed by atoms with Gasteiger partial charge in [-0.2, -0.15) is 0 Å². The molecule has 2 aromatic carbocycles. The molecule has 146 valence electrons. The van der Waals surface area contributed by atoms with Crippen molar-refractivity contribution < 1.29 is 4.39 Å². The summed E-state index contributed by atoms with van der Waals surface area (Å²) in [5.41, 5.74) is 3.86. The van der Waals surface area contributed by atoms with Gasteiger partial charge in [0.05, 0.1) is 0 Å². The normalized spacial score (nSPS) is 19.4. The standard InChI is InChI=1S/C27H31F/c1-3-5-7-26-19-14-23(20-27(26)28)9-8-22-12-17-25(18-13-22)24-15-10-21(6-4-2)11-16-24/h3,5,12-14,17-21,24H,4,6-7,10-11,15-16H2,1-2H3. The Hall–Kier alpha value is -2.33. The maximum atomic E-state index is 14.1. The van der Waals surface area contributed by atoms with Crippen molar-refractivity contribution in [3.8, 4) is 11.8 Å². The summed E-state index contributed by atoms with van der Waals surface area (Å²) in [5, 5.41) is 0. The summed E-state index contributed by atoms with van der Waals surface area (Å²) in [6.45, 7) is 4.23. The average molecular weight is 375 g/mol. The zero-order chi connectivity index (χ0) is 19.8. The van der Waals surface area contributed by atoms with Gasteiger partial charge in [-0.25, -0.2) is 4.39 Å². The molecular weight excluding hydrogens is 343 g/mol. The Balaban J connectivity index is 1.62. The van der Waals surface area contributed by atoms with Gasteiger partial charge in [-0.05, 0) is 86.3 Å². The van der Waals surface area contributed by atoms with Crippen LogP contribution in [0.15, 0.2) is 54.6 Å². The van der Waals surface area contributed by atoms with Gasteiger partial charge < -0.3 is 0 Å². The Kier molecular flexibility index (Phi) is 7.49. The Morgan fingerprint density at radius 2 is 1.64 bits per heavy atom. The van der Waals surface area contributed by atoms with E-state index in [0.29, 0.717) is 17.9 Å². The van der Waals surface area contributed by atoms with Crippen LogP contribution in [0.1, 0.15) is 80.5 Å². The van der Waals surface area contributed by atoms with Crippen LogP contribution in [0.5, 0.6) is 0 Å². The van der Waals surface area contributed by atoms with Gasteiger partial charge in [0.15, 0.2) is 0 Å². The Morgan fingerprint density at radius 3 is 2.29 bits per heavy atom. The highest BCUT2D eigenvalue weighted by Gasteiger charge is 2.21. The number of hydrogen-bond acceptors (Lipinski definition) is 0. The lowest BCUT2D eigenvalue weighted by atomic mass is 9.77. The topological polar surface area (TPSA) is 0 Å². The second kappa shape index (κ2) is 10.3. The molecule has 0 saturated heterocycles. The molecule has 1 fully saturated rings. The van der Waals surface area contributed by atoms with E-state index >= 15 is 0 Å². The molecule has 0 nitrogen and oxygen atoms in total. The van der Waals surface area contributed by atoms with Crippen molar-refractivity contribution in [2.24, 2.45) is 5.92 Å². The van der Waals surface area contributed by atoms with Crippen LogP contribution in [0, 0.1) is 23.6 Å². The van der Waals surface area contributed by atoms with E-state index in [1.54, 1.807) is 0 Å². The molecule has 0 unspecified atom stereocenters. The summed E-state index contributed by atoms with van der Waals surface area (Å²) in [6, 6.07) is 13.9. The van der Waals surface area contributed by atoms with Crippen LogP contribution in [0.2, 0.25) is 0 Å². The molecule has 0 bridgehead atoms. The molecule has 0 N–H and O–H groups in total. The fourth-order valence-electron chi connectivity index (χ4n) is 4.21. The van der Waals surface area contributed by atoms with Gasteiger partial charge in [0.25, 0.3) is 0 Å². The minimum atomic E-state index is -0.182. The highest BCUT2D eigenvalue weighted by atomic mass is 19.1. The molecule has 0 aromatic heterocycles. The molecule has 0 radical (unpaired) electrons. The highest BCUT2D eigenvalue weighted by Crippen LogP contribution is 2.37. The van der Waals surface area contributed by atoms with E-state index in [0.717, 1.165) is 17.0 Å². The molecule has 3 rings (SSSR count). The molecular formula is C27H31F. The maximum absolute atomic E-state index is 14.1. The lowest BCUT2D eigenvalue weighted by Gasteiger charge is -2.28. The largest absolute Gasteiger partial charge is 0.207 e. The number of rotatable bonds is 5. The van der Waals surface area contributed by atoms with Gasteiger partial charge in [0.1, 0.15) is 5.82 Å². The summed E-state index contributed by atoms with van der Waals surface area (Å²) < 4.78 is 14.1. The molecule has 0 atom stereocenters. The first-order chi connectivity index (χ1) is 13.7. The van der Waals surface area contributed by atoms with E-state index in [2.05, 4.69) is 43.0 Å². The fraction of sp³-hybridized carbons (Fsp3) is 0.407. The predicted octanol–water partition coefficient (Wildman–Crippen LogP) is 7.42. The number of allylic oxidation sites excluding steroid dienone is 2. The van der Waals surface area contributed by atoms with Gasteiger partial charge >= 0.3 is 0 Å². The molecule has 0 heterocycles. The van der Waals surface area contributed by atoms with Crippen LogP contribution in [0.3, 0.4) is 0 Å². The minimum absolute atomic E-state index is 0.182. The molecule has 28 heavy (non-hydrogen) atoms. The quantitative estimate of drug-likeness (QED) is 0.377. The lowest BCUT2D eigenvalue weighted by Crippen LogP contribution is -2.13. The van der Waals surface area contributed by atoms with Crippen LogP contribution >= 0.6 is 0 Å². The first-order valence-electron chi connectivity index (χ1n) is 10.7. The van der Waals surface area contributed by atoms with Crippen molar-refractivity contribution in [1.82, 2.24) is 0 Å². The monoisotopic (exact) mass is 374 g/mol. The predicted molar refractivity (Wildman–Crippen MR) is 117 cm³/mol. The first kappa shape index (κ1) is 20.4. The summed E-state index contributed by atoms with van der Waals surface area (Å²) in [6.07, 6.45) is 12.6. The van der Waals surface area contributed by atoms with E-state index in [1.807, 2.05) is 31.2 Å². The van der Waals surface area contributed by atoms with Crippen molar-refractivity contribution in [1.29, 1.82) is 0 Å². The van der Waals surface area contributed by atoms with Crippen LogP contribution in [0.25, 0.3) is 0 Å². The van der Waals surface area contributed by atoms with Crippen molar-refractivity contribution >= 4 is 0 Å². The van der Waals surface area contributed by atoms with E-state index < -0.39 is 0 Å². The fourth-order valence-corrected chi connectivity index (χ4v) is 4.21. The molecule has 0 spiro atoms. The van der Waals surface area contributed by atoms with E-state index in [9.17, 15) is 4.39 Å². The third kappa shape index (κ3) is 5.59. The number of benzene rings is 2. The van der Waals surface area contributed by atoms with Crippen molar-refractivity contribution in [2.75, 3.05) is 0 Å². The van der Waals surface area contributed by atoms with Crippen LogP contribution in [-0.4, -0.2) is 0 Å². The summed E-state index contributed by atoms with van der Waals surface area (Å²) >= 11 is 0. The Morgan fingerprint density at radius 1 is 0.964 bits per heavy atom. The molecule has 0 amide bonds. The van der Waals surface area contributed by atoms with Crippen molar-refractivity contribution in [3.05, 3.63) is 82.7 Å². The average Bonchev–Trinajstić information content (AvgIpc) is 2.73. The van der Waals surface area contributed by atoms with Gasteiger partial charge in [-0.3, -0.25) is 0 Å². The maximum Gasteiger partial charge on any atom is 0.127 e. The molecule has 1 heteroatoms. The van der Waals surface area contributed by atoms with Crippen molar-refractivity contribution in [3.63, 3.8) is 0 Å². The Labute approximate surface area is 169 Å². The smallest absolute Gasteiger partial charge is 0.127 e. The minimum Gasteiger partial charge on any atom is -0.207 e. The number of halogens is 1. The van der Waals surface area contributed by atoms with Crippen molar-refractivity contribution in [2.45, 2.75) is 64.7 Å². The van der Waals surface area contributed by atoms with Gasteiger partial charge in [0, 0.05) is 11.1 Å². The van der Waals surface area contributed by atoms with Crippen LogP contribution in [-0.2, 0) is 6.42 Å². The molecule has 1 aliphatic carbocycles.